The maximum absolute atomic E-state index is 10.2. The highest BCUT2D eigenvalue weighted by Crippen LogP contribution is 2.27. The van der Waals surface area contributed by atoms with E-state index in [1.54, 1.807) is 24.4 Å². The second-order valence-electron chi connectivity index (χ2n) is 6.14. The van der Waals surface area contributed by atoms with E-state index in [0.29, 0.717) is 27.4 Å². The number of nitrogens with zero attached hydrogens (tertiary/aromatic N) is 3. The van der Waals surface area contributed by atoms with E-state index in [1.165, 1.54) is 0 Å². The van der Waals surface area contributed by atoms with Gasteiger partial charge in [0.1, 0.15) is 24.3 Å². The van der Waals surface area contributed by atoms with Gasteiger partial charge in [0.05, 0.1) is 15.1 Å². The van der Waals surface area contributed by atoms with Gasteiger partial charge < -0.3 is 14.7 Å². The molecule has 1 atom stereocenters. The number of anilines is 1. The second kappa shape index (κ2) is 9.11. The average molecular weight is 417 g/mol. The highest BCUT2D eigenvalue weighted by atomic mass is 35.5. The van der Waals surface area contributed by atoms with Crippen LogP contribution in [0.4, 0.5) is 5.82 Å². The molecule has 140 valence electrons. The fraction of sp³-hybridized carbons (Fsp3) is 0.389. The summed E-state index contributed by atoms with van der Waals surface area (Å²) in [6.45, 7) is 3.93. The summed E-state index contributed by atoms with van der Waals surface area (Å²) in [5.74, 6) is 1.33. The van der Waals surface area contributed by atoms with Gasteiger partial charge in [0, 0.05) is 38.9 Å². The Bertz CT molecular complexity index is 739. The lowest BCUT2D eigenvalue weighted by Crippen LogP contribution is -2.49. The number of β-amino-alcohol motifs (C(OH)–C–C–N with tert-alkyl or cyclic N) is 1. The van der Waals surface area contributed by atoms with Crippen LogP contribution in [0.15, 0.2) is 36.5 Å². The highest BCUT2D eigenvalue weighted by molar-refractivity contribution is 6.36. The molecule has 0 bridgehead atoms. The minimum Gasteiger partial charge on any atom is -0.489 e. The van der Waals surface area contributed by atoms with Crippen LogP contribution in [0.5, 0.6) is 5.75 Å². The van der Waals surface area contributed by atoms with Gasteiger partial charge in [-0.15, -0.1) is 0 Å². The largest absolute Gasteiger partial charge is 0.489 e. The molecule has 1 aliphatic rings. The standard InChI is InChI=1S/C18H20Cl3N3O2/c19-13-9-16(21)18(22-10-13)24-7-5-23(6-8-24)11-14(25)12-26-17-4-2-1-3-15(17)20/h1-4,9-10,14,25H,5-8,11-12H2. The SMILES string of the molecule is OC(COc1ccccc1Cl)CN1CCN(c2ncc(Cl)cc2Cl)CC1. The van der Waals surface area contributed by atoms with Crippen LogP contribution in [0.1, 0.15) is 0 Å². The van der Waals surface area contributed by atoms with E-state index < -0.39 is 6.10 Å². The van der Waals surface area contributed by atoms with E-state index in [4.69, 9.17) is 39.5 Å². The zero-order valence-corrected chi connectivity index (χ0v) is 16.4. The smallest absolute Gasteiger partial charge is 0.147 e. The number of pyridine rings is 1. The maximum atomic E-state index is 10.2. The summed E-state index contributed by atoms with van der Waals surface area (Å²) < 4.78 is 5.60. The van der Waals surface area contributed by atoms with Crippen molar-refractivity contribution in [2.24, 2.45) is 0 Å². The van der Waals surface area contributed by atoms with Crippen molar-refractivity contribution in [3.8, 4) is 5.75 Å². The first-order valence-electron chi connectivity index (χ1n) is 8.36. The molecule has 1 N–H and O–H groups in total. The number of aromatic nitrogens is 1. The van der Waals surface area contributed by atoms with Crippen molar-refractivity contribution >= 4 is 40.6 Å². The number of para-hydroxylation sites is 1. The molecular formula is C18H20Cl3N3O2. The zero-order chi connectivity index (χ0) is 18.5. The molecule has 1 saturated heterocycles. The third-order valence-corrected chi connectivity index (χ3v) is 4.99. The quantitative estimate of drug-likeness (QED) is 0.779. The van der Waals surface area contributed by atoms with Gasteiger partial charge in [-0.1, -0.05) is 46.9 Å². The molecule has 1 fully saturated rings. The number of ether oxygens (including phenoxy) is 1. The van der Waals surface area contributed by atoms with Crippen LogP contribution in [0.25, 0.3) is 0 Å². The van der Waals surface area contributed by atoms with Crippen LogP contribution in [-0.4, -0.2) is 60.4 Å². The lowest BCUT2D eigenvalue weighted by molar-refractivity contribution is 0.0663. The Labute approximate surface area is 168 Å². The summed E-state index contributed by atoms with van der Waals surface area (Å²) >= 11 is 18.2. The number of hydrogen-bond donors (Lipinski definition) is 1. The summed E-state index contributed by atoms with van der Waals surface area (Å²) in [6.07, 6.45) is 1.01. The normalized spacial score (nSPS) is 16.5. The summed E-state index contributed by atoms with van der Waals surface area (Å²) in [4.78, 5) is 8.64. The number of benzene rings is 1. The fourth-order valence-electron chi connectivity index (χ4n) is 2.88. The number of halogens is 3. The molecule has 1 aromatic carbocycles. The Balaban J connectivity index is 1.45. The van der Waals surface area contributed by atoms with Gasteiger partial charge in [-0.05, 0) is 18.2 Å². The van der Waals surface area contributed by atoms with Crippen LogP contribution in [0, 0.1) is 0 Å². The predicted octanol–water partition coefficient (Wildman–Crippen LogP) is 3.60. The molecule has 3 rings (SSSR count). The molecule has 8 heteroatoms. The number of piperazine rings is 1. The molecule has 2 heterocycles. The summed E-state index contributed by atoms with van der Waals surface area (Å²) in [5, 5.41) is 11.9. The second-order valence-corrected chi connectivity index (χ2v) is 7.39. The Kier molecular flexibility index (Phi) is 6.84. The lowest BCUT2D eigenvalue weighted by Gasteiger charge is -2.36. The minimum absolute atomic E-state index is 0.203. The predicted molar refractivity (Wildman–Crippen MR) is 106 cm³/mol. The molecule has 1 aromatic heterocycles. The van der Waals surface area contributed by atoms with E-state index in [2.05, 4.69) is 14.8 Å². The van der Waals surface area contributed by atoms with Crippen molar-refractivity contribution in [1.82, 2.24) is 9.88 Å². The fourth-order valence-corrected chi connectivity index (χ4v) is 3.57. The third-order valence-electron chi connectivity index (χ3n) is 4.20. The molecule has 2 aromatic rings. The molecule has 26 heavy (non-hydrogen) atoms. The van der Waals surface area contributed by atoms with Crippen molar-refractivity contribution in [2.75, 3.05) is 44.2 Å². The minimum atomic E-state index is -0.588. The van der Waals surface area contributed by atoms with Gasteiger partial charge >= 0.3 is 0 Å². The van der Waals surface area contributed by atoms with Crippen LogP contribution in [0.3, 0.4) is 0 Å². The van der Waals surface area contributed by atoms with Crippen molar-refractivity contribution in [1.29, 1.82) is 0 Å². The van der Waals surface area contributed by atoms with Crippen molar-refractivity contribution in [2.45, 2.75) is 6.10 Å². The Morgan fingerprint density at radius 1 is 1.08 bits per heavy atom. The number of aliphatic hydroxyl groups excluding tert-OH is 1. The van der Waals surface area contributed by atoms with Crippen LogP contribution in [0.2, 0.25) is 15.1 Å². The molecular weight excluding hydrogens is 397 g/mol. The lowest BCUT2D eigenvalue weighted by atomic mass is 10.2. The van der Waals surface area contributed by atoms with Crippen molar-refractivity contribution in [3.05, 3.63) is 51.6 Å². The van der Waals surface area contributed by atoms with Gasteiger partial charge in [-0.2, -0.15) is 0 Å². The first-order chi connectivity index (χ1) is 12.5. The first-order valence-corrected chi connectivity index (χ1v) is 9.50. The molecule has 1 unspecified atom stereocenters. The Hall–Kier alpha value is -1.24. The van der Waals surface area contributed by atoms with E-state index in [0.717, 1.165) is 32.0 Å². The Morgan fingerprint density at radius 3 is 2.50 bits per heavy atom. The maximum Gasteiger partial charge on any atom is 0.147 e. The summed E-state index contributed by atoms with van der Waals surface area (Å²) in [6, 6.07) is 8.94. The van der Waals surface area contributed by atoms with Crippen molar-refractivity contribution in [3.63, 3.8) is 0 Å². The first kappa shape index (κ1) is 19.5. The topological polar surface area (TPSA) is 48.8 Å². The van der Waals surface area contributed by atoms with Gasteiger partial charge in [-0.25, -0.2) is 4.98 Å². The average Bonchev–Trinajstić information content (AvgIpc) is 2.62. The van der Waals surface area contributed by atoms with Gasteiger partial charge in [-0.3, -0.25) is 4.90 Å². The number of hydrogen-bond acceptors (Lipinski definition) is 5. The summed E-state index contributed by atoms with van der Waals surface area (Å²) in [7, 11) is 0. The van der Waals surface area contributed by atoms with Crippen molar-refractivity contribution < 1.29 is 9.84 Å². The highest BCUT2D eigenvalue weighted by Gasteiger charge is 2.22. The van der Waals surface area contributed by atoms with Crippen LogP contribution < -0.4 is 9.64 Å². The molecule has 0 saturated carbocycles. The van der Waals surface area contributed by atoms with Gasteiger partial charge in [0.2, 0.25) is 0 Å². The molecule has 5 nitrogen and oxygen atoms in total. The molecule has 0 aliphatic carbocycles. The van der Waals surface area contributed by atoms with Gasteiger partial charge in [0.25, 0.3) is 0 Å². The molecule has 0 radical (unpaired) electrons. The van der Waals surface area contributed by atoms with Crippen LogP contribution in [-0.2, 0) is 0 Å². The van der Waals surface area contributed by atoms with E-state index in [1.807, 2.05) is 12.1 Å². The summed E-state index contributed by atoms with van der Waals surface area (Å²) in [5.41, 5.74) is 0. The van der Waals surface area contributed by atoms with Crippen LogP contribution >= 0.6 is 34.8 Å². The van der Waals surface area contributed by atoms with E-state index in [-0.39, 0.29) is 6.61 Å². The third kappa shape index (κ3) is 5.15. The number of aliphatic hydroxyl groups is 1. The Morgan fingerprint density at radius 2 is 1.81 bits per heavy atom. The zero-order valence-electron chi connectivity index (χ0n) is 14.1. The monoisotopic (exact) mass is 415 g/mol. The van der Waals surface area contributed by atoms with Gasteiger partial charge in [0.15, 0.2) is 0 Å². The van der Waals surface area contributed by atoms with E-state index >= 15 is 0 Å². The molecule has 0 spiro atoms. The number of rotatable bonds is 6. The molecule has 1 aliphatic heterocycles. The van der Waals surface area contributed by atoms with E-state index in [9.17, 15) is 5.11 Å². The molecule has 0 amide bonds.